The summed E-state index contributed by atoms with van der Waals surface area (Å²) in [6, 6.07) is 10.5. The highest BCUT2D eigenvalue weighted by Crippen LogP contribution is 2.24. The first-order chi connectivity index (χ1) is 10.8. The Labute approximate surface area is 135 Å². The molecule has 1 heterocycles. The number of carbonyl (C=O) groups is 1. The molecule has 1 amide bonds. The van der Waals surface area contributed by atoms with Crippen LogP contribution in [0.2, 0.25) is 0 Å². The normalized spacial score (nSPS) is 16.6. The molecule has 1 saturated heterocycles. The van der Waals surface area contributed by atoms with Crippen LogP contribution in [0.15, 0.2) is 30.3 Å². The first kappa shape index (κ1) is 17.0. The van der Waals surface area contributed by atoms with Crippen molar-refractivity contribution in [3.05, 3.63) is 30.3 Å². The van der Waals surface area contributed by atoms with Gasteiger partial charge in [0.1, 0.15) is 0 Å². The van der Waals surface area contributed by atoms with Gasteiger partial charge < -0.3 is 9.80 Å². The van der Waals surface area contributed by atoms with E-state index in [-0.39, 0.29) is 5.91 Å². The zero-order chi connectivity index (χ0) is 15.8. The van der Waals surface area contributed by atoms with Gasteiger partial charge in [0.05, 0.1) is 0 Å². The molecule has 0 atom stereocenters. The lowest BCUT2D eigenvalue weighted by Gasteiger charge is -2.38. The van der Waals surface area contributed by atoms with E-state index < -0.39 is 0 Å². The second kappa shape index (κ2) is 8.94. The maximum absolute atomic E-state index is 12.4. The van der Waals surface area contributed by atoms with Crippen LogP contribution in [0.25, 0.3) is 0 Å². The number of unbranched alkanes of at least 4 members (excludes halogenated alkanes) is 2. The molecular formula is C19H30N2O. The number of nitrogens with zero attached hydrogens (tertiary/aromatic N) is 2. The molecule has 0 aromatic heterocycles. The Kier molecular flexibility index (Phi) is 6.91. The highest BCUT2D eigenvalue weighted by atomic mass is 16.2. The molecule has 2 rings (SSSR count). The van der Waals surface area contributed by atoms with Crippen LogP contribution in [0.4, 0.5) is 5.69 Å². The summed E-state index contributed by atoms with van der Waals surface area (Å²) in [5.41, 5.74) is 1.05. The summed E-state index contributed by atoms with van der Waals surface area (Å²) in [6.07, 6.45) is 6.66. The van der Waals surface area contributed by atoms with Crippen molar-refractivity contribution in [2.45, 2.75) is 58.4 Å². The van der Waals surface area contributed by atoms with E-state index in [0.29, 0.717) is 12.5 Å². The van der Waals surface area contributed by atoms with Gasteiger partial charge >= 0.3 is 0 Å². The SMILES string of the molecule is CCCCCN1CCC(N(C(=O)CC)c2ccccc2)CC1. The van der Waals surface area contributed by atoms with Crippen molar-refractivity contribution in [2.24, 2.45) is 0 Å². The van der Waals surface area contributed by atoms with E-state index in [4.69, 9.17) is 0 Å². The second-order valence-corrected chi connectivity index (χ2v) is 6.23. The third-order valence-electron chi connectivity index (χ3n) is 4.61. The Balaban J connectivity index is 1.95. The van der Waals surface area contributed by atoms with E-state index in [1.54, 1.807) is 0 Å². The molecule has 0 spiro atoms. The Morgan fingerprint density at radius 3 is 2.41 bits per heavy atom. The Morgan fingerprint density at radius 2 is 1.82 bits per heavy atom. The molecule has 0 bridgehead atoms. The zero-order valence-corrected chi connectivity index (χ0v) is 14.1. The predicted molar refractivity (Wildman–Crippen MR) is 93.2 cm³/mol. The minimum atomic E-state index is 0.246. The smallest absolute Gasteiger partial charge is 0.226 e. The van der Waals surface area contributed by atoms with Crippen LogP contribution in [0, 0.1) is 0 Å². The van der Waals surface area contributed by atoms with E-state index in [1.165, 1.54) is 25.8 Å². The maximum atomic E-state index is 12.4. The van der Waals surface area contributed by atoms with Crippen LogP contribution in [-0.2, 0) is 4.79 Å². The molecule has 3 heteroatoms. The zero-order valence-electron chi connectivity index (χ0n) is 14.1. The summed E-state index contributed by atoms with van der Waals surface area (Å²) < 4.78 is 0. The molecule has 1 aliphatic rings. The van der Waals surface area contributed by atoms with Gasteiger partial charge in [0.25, 0.3) is 0 Å². The fraction of sp³-hybridized carbons (Fsp3) is 0.632. The first-order valence-corrected chi connectivity index (χ1v) is 8.85. The van der Waals surface area contributed by atoms with Gasteiger partial charge in [-0.1, -0.05) is 44.9 Å². The van der Waals surface area contributed by atoms with Gasteiger partial charge in [-0.3, -0.25) is 4.79 Å². The fourth-order valence-corrected chi connectivity index (χ4v) is 3.30. The summed E-state index contributed by atoms with van der Waals surface area (Å²) in [5.74, 6) is 0.246. The minimum absolute atomic E-state index is 0.246. The topological polar surface area (TPSA) is 23.6 Å². The number of rotatable bonds is 7. The number of likely N-dealkylation sites (tertiary alicyclic amines) is 1. The predicted octanol–water partition coefficient (Wildman–Crippen LogP) is 4.08. The average Bonchev–Trinajstić information content (AvgIpc) is 2.57. The molecule has 3 nitrogen and oxygen atoms in total. The van der Waals surface area contributed by atoms with Crippen LogP contribution in [0.1, 0.15) is 52.4 Å². The molecule has 122 valence electrons. The molecule has 0 unspecified atom stereocenters. The number of para-hydroxylation sites is 1. The van der Waals surface area contributed by atoms with Crippen LogP contribution < -0.4 is 4.90 Å². The fourth-order valence-electron chi connectivity index (χ4n) is 3.30. The van der Waals surface area contributed by atoms with Gasteiger partial charge in [0.2, 0.25) is 5.91 Å². The number of anilines is 1. The van der Waals surface area contributed by atoms with E-state index in [9.17, 15) is 4.79 Å². The second-order valence-electron chi connectivity index (χ2n) is 6.23. The molecule has 22 heavy (non-hydrogen) atoms. The van der Waals surface area contributed by atoms with Gasteiger partial charge in [-0.15, -0.1) is 0 Å². The Morgan fingerprint density at radius 1 is 1.14 bits per heavy atom. The van der Waals surface area contributed by atoms with Crippen LogP contribution >= 0.6 is 0 Å². The summed E-state index contributed by atoms with van der Waals surface area (Å²) in [7, 11) is 0. The van der Waals surface area contributed by atoms with E-state index in [2.05, 4.69) is 24.0 Å². The highest BCUT2D eigenvalue weighted by Gasteiger charge is 2.27. The molecular weight excluding hydrogens is 272 g/mol. The van der Waals surface area contributed by atoms with E-state index in [0.717, 1.165) is 31.6 Å². The summed E-state index contributed by atoms with van der Waals surface area (Å²) >= 11 is 0. The van der Waals surface area contributed by atoms with E-state index >= 15 is 0 Å². The minimum Gasteiger partial charge on any atom is -0.309 e. The number of hydrogen-bond donors (Lipinski definition) is 0. The molecule has 1 fully saturated rings. The van der Waals surface area contributed by atoms with Gasteiger partial charge in [0, 0.05) is 31.2 Å². The van der Waals surface area contributed by atoms with Crippen molar-refractivity contribution in [1.82, 2.24) is 4.90 Å². The summed E-state index contributed by atoms with van der Waals surface area (Å²) in [4.78, 5) is 17.0. The van der Waals surface area contributed by atoms with Gasteiger partial charge in [-0.05, 0) is 37.9 Å². The molecule has 1 aliphatic heterocycles. The number of carbonyl (C=O) groups excluding carboxylic acids is 1. The largest absolute Gasteiger partial charge is 0.309 e. The summed E-state index contributed by atoms with van der Waals surface area (Å²) in [6.45, 7) is 7.66. The van der Waals surface area contributed by atoms with Crippen molar-refractivity contribution in [3.8, 4) is 0 Å². The lowest BCUT2D eigenvalue weighted by atomic mass is 10.0. The monoisotopic (exact) mass is 302 g/mol. The lowest BCUT2D eigenvalue weighted by molar-refractivity contribution is -0.119. The Bertz CT molecular complexity index is 438. The first-order valence-electron chi connectivity index (χ1n) is 8.85. The van der Waals surface area contributed by atoms with Crippen LogP contribution in [-0.4, -0.2) is 36.5 Å². The summed E-state index contributed by atoms with van der Waals surface area (Å²) in [5, 5.41) is 0. The molecule has 1 aromatic rings. The van der Waals surface area contributed by atoms with Crippen molar-refractivity contribution in [1.29, 1.82) is 0 Å². The number of piperidine rings is 1. The standard InChI is InChI=1S/C19H30N2O/c1-3-5-9-14-20-15-12-18(13-16-20)21(19(22)4-2)17-10-7-6-8-11-17/h6-8,10-11,18H,3-5,9,12-16H2,1-2H3. The van der Waals surface area contributed by atoms with E-state index in [1.807, 2.05) is 30.0 Å². The Hall–Kier alpha value is -1.35. The lowest BCUT2D eigenvalue weighted by Crippen LogP contribution is -2.47. The molecule has 1 aromatic carbocycles. The third kappa shape index (κ3) is 4.57. The van der Waals surface area contributed by atoms with Crippen molar-refractivity contribution in [2.75, 3.05) is 24.5 Å². The number of benzene rings is 1. The molecule has 0 N–H and O–H groups in total. The van der Waals surface area contributed by atoms with Crippen molar-refractivity contribution in [3.63, 3.8) is 0 Å². The molecule has 0 radical (unpaired) electrons. The van der Waals surface area contributed by atoms with Gasteiger partial charge in [-0.2, -0.15) is 0 Å². The number of hydrogen-bond acceptors (Lipinski definition) is 2. The van der Waals surface area contributed by atoms with Crippen LogP contribution in [0.3, 0.4) is 0 Å². The van der Waals surface area contributed by atoms with Crippen LogP contribution in [0.5, 0.6) is 0 Å². The maximum Gasteiger partial charge on any atom is 0.226 e. The average molecular weight is 302 g/mol. The molecule has 0 aliphatic carbocycles. The van der Waals surface area contributed by atoms with Crippen molar-refractivity contribution >= 4 is 11.6 Å². The van der Waals surface area contributed by atoms with Crippen molar-refractivity contribution < 1.29 is 4.79 Å². The van der Waals surface area contributed by atoms with Gasteiger partial charge in [0.15, 0.2) is 0 Å². The quantitative estimate of drug-likeness (QED) is 0.708. The molecule has 0 saturated carbocycles. The number of amides is 1. The third-order valence-corrected chi connectivity index (χ3v) is 4.61. The van der Waals surface area contributed by atoms with Gasteiger partial charge in [-0.25, -0.2) is 0 Å². The highest BCUT2D eigenvalue weighted by molar-refractivity contribution is 5.93.